The molecule has 7 nitrogen and oxygen atoms in total. The molecule has 0 radical (unpaired) electrons. The lowest BCUT2D eigenvalue weighted by atomic mass is 10.2. The van der Waals surface area contributed by atoms with E-state index in [2.05, 4.69) is 5.32 Å². The Morgan fingerprint density at radius 1 is 1.19 bits per heavy atom. The van der Waals surface area contributed by atoms with Gasteiger partial charge >= 0.3 is 12.1 Å². The summed E-state index contributed by atoms with van der Waals surface area (Å²) in [4.78, 5) is 37.8. The zero-order valence-electron chi connectivity index (χ0n) is 15.5. The van der Waals surface area contributed by atoms with Gasteiger partial charge in [0.2, 0.25) is 5.91 Å². The molecule has 1 aromatic carbocycles. The van der Waals surface area contributed by atoms with Crippen LogP contribution >= 0.6 is 0 Å². The molecule has 2 amide bonds. The Morgan fingerprint density at radius 3 is 2.54 bits per heavy atom. The summed E-state index contributed by atoms with van der Waals surface area (Å²) >= 11 is 0. The molecule has 1 fully saturated rings. The van der Waals surface area contributed by atoms with Crippen LogP contribution < -0.4 is 5.32 Å². The fourth-order valence-corrected chi connectivity index (χ4v) is 2.75. The predicted octanol–water partition coefficient (Wildman–Crippen LogP) is 2.25. The van der Waals surface area contributed by atoms with E-state index in [1.807, 2.05) is 30.3 Å². The largest absolute Gasteiger partial charge is 0.460 e. The molecule has 142 valence electrons. The highest BCUT2D eigenvalue weighted by Crippen LogP contribution is 2.18. The van der Waals surface area contributed by atoms with Crippen molar-refractivity contribution in [3.63, 3.8) is 0 Å². The van der Waals surface area contributed by atoms with Gasteiger partial charge in [0.05, 0.1) is 6.54 Å². The van der Waals surface area contributed by atoms with E-state index in [0.717, 1.165) is 12.0 Å². The van der Waals surface area contributed by atoms with Crippen molar-refractivity contribution < 1.29 is 23.9 Å². The third kappa shape index (κ3) is 6.48. The van der Waals surface area contributed by atoms with Crippen molar-refractivity contribution in [1.29, 1.82) is 0 Å². The summed E-state index contributed by atoms with van der Waals surface area (Å²) in [5, 5.41) is 2.19. The predicted molar refractivity (Wildman–Crippen MR) is 95.2 cm³/mol. The Labute approximate surface area is 153 Å². The van der Waals surface area contributed by atoms with Crippen molar-refractivity contribution >= 4 is 18.0 Å². The first kappa shape index (κ1) is 19.9. The van der Waals surface area contributed by atoms with Gasteiger partial charge in [-0.15, -0.1) is 0 Å². The number of ether oxygens (including phenoxy) is 2. The second kappa shape index (κ2) is 8.80. The molecule has 0 unspecified atom stereocenters. The van der Waals surface area contributed by atoms with Crippen LogP contribution in [0.15, 0.2) is 30.3 Å². The van der Waals surface area contributed by atoms with Crippen LogP contribution in [-0.2, 0) is 25.7 Å². The highest BCUT2D eigenvalue weighted by atomic mass is 16.6. The topological polar surface area (TPSA) is 84.9 Å². The van der Waals surface area contributed by atoms with E-state index in [4.69, 9.17) is 9.47 Å². The zero-order valence-corrected chi connectivity index (χ0v) is 15.5. The normalized spacial score (nSPS) is 17.6. The monoisotopic (exact) mass is 362 g/mol. The number of carbonyl (C=O) groups is 3. The van der Waals surface area contributed by atoms with E-state index in [1.54, 1.807) is 25.7 Å². The third-order valence-electron chi connectivity index (χ3n) is 3.85. The molecular formula is C19H26N2O5. The third-order valence-corrected chi connectivity index (χ3v) is 3.85. The SMILES string of the molecule is CC(C)(C)OC(=O)NC(=O)CN1CCC[C@@H]1C(=O)OCc1ccccc1. The van der Waals surface area contributed by atoms with Gasteiger partial charge < -0.3 is 9.47 Å². The van der Waals surface area contributed by atoms with E-state index < -0.39 is 23.6 Å². The number of alkyl carbamates (subject to hydrolysis) is 1. The van der Waals surface area contributed by atoms with Gasteiger partial charge in [0.15, 0.2) is 0 Å². The Kier molecular flexibility index (Phi) is 6.74. The standard InChI is InChI=1S/C19H26N2O5/c1-19(2,3)26-18(24)20-16(22)12-21-11-7-10-15(21)17(23)25-13-14-8-5-4-6-9-14/h4-6,8-9,15H,7,10-13H2,1-3H3,(H,20,22,24)/t15-/m1/s1. The Bertz CT molecular complexity index is 639. The summed E-state index contributed by atoms with van der Waals surface area (Å²) in [5.74, 6) is -0.849. The molecule has 26 heavy (non-hydrogen) atoms. The fraction of sp³-hybridized carbons (Fsp3) is 0.526. The lowest BCUT2D eigenvalue weighted by Gasteiger charge is -2.23. The van der Waals surface area contributed by atoms with Crippen LogP contribution in [0.1, 0.15) is 39.2 Å². The van der Waals surface area contributed by atoms with Gasteiger partial charge in [-0.05, 0) is 45.7 Å². The van der Waals surface area contributed by atoms with E-state index in [9.17, 15) is 14.4 Å². The van der Waals surface area contributed by atoms with Crippen molar-refractivity contribution in [1.82, 2.24) is 10.2 Å². The molecule has 1 aliphatic heterocycles. The number of likely N-dealkylation sites (tertiary alicyclic amines) is 1. The molecule has 0 saturated carbocycles. The second-order valence-electron chi connectivity index (χ2n) is 7.27. The summed E-state index contributed by atoms with van der Waals surface area (Å²) in [6, 6.07) is 8.95. The molecule has 1 saturated heterocycles. The van der Waals surface area contributed by atoms with Crippen molar-refractivity contribution in [2.75, 3.05) is 13.1 Å². The van der Waals surface area contributed by atoms with Crippen molar-refractivity contribution in [3.05, 3.63) is 35.9 Å². The Hall–Kier alpha value is -2.41. The number of hydrogen-bond donors (Lipinski definition) is 1. The lowest BCUT2D eigenvalue weighted by molar-refractivity contribution is -0.150. The molecule has 0 aliphatic carbocycles. The molecule has 1 aliphatic rings. The van der Waals surface area contributed by atoms with Crippen LogP contribution in [0.4, 0.5) is 4.79 Å². The Balaban J connectivity index is 1.82. The van der Waals surface area contributed by atoms with E-state index in [-0.39, 0.29) is 19.1 Å². The smallest absolute Gasteiger partial charge is 0.414 e. The quantitative estimate of drug-likeness (QED) is 0.809. The number of imide groups is 1. The highest BCUT2D eigenvalue weighted by Gasteiger charge is 2.33. The van der Waals surface area contributed by atoms with Crippen LogP contribution in [-0.4, -0.2) is 47.6 Å². The summed E-state index contributed by atoms with van der Waals surface area (Å²) in [7, 11) is 0. The van der Waals surface area contributed by atoms with Gasteiger partial charge in [0.25, 0.3) is 0 Å². The van der Waals surface area contributed by atoms with E-state index in [1.165, 1.54) is 0 Å². The summed E-state index contributed by atoms with van der Waals surface area (Å²) < 4.78 is 10.4. The number of nitrogens with zero attached hydrogens (tertiary/aromatic N) is 1. The molecular weight excluding hydrogens is 336 g/mol. The molecule has 7 heteroatoms. The van der Waals surface area contributed by atoms with Crippen molar-refractivity contribution in [2.45, 2.75) is 51.9 Å². The first-order chi connectivity index (χ1) is 12.2. The molecule has 0 spiro atoms. The number of carbonyl (C=O) groups excluding carboxylic acids is 3. The van der Waals surface area contributed by atoms with E-state index in [0.29, 0.717) is 13.0 Å². The fourth-order valence-electron chi connectivity index (χ4n) is 2.75. The minimum atomic E-state index is -0.787. The van der Waals surface area contributed by atoms with Gasteiger partial charge in [0, 0.05) is 0 Å². The number of esters is 1. The lowest BCUT2D eigenvalue weighted by Crippen LogP contribution is -2.46. The van der Waals surface area contributed by atoms with E-state index >= 15 is 0 Å². The van der Waals surface area contributed by atoms with Gasteiger partial charge in [-0.25, -0.2) is 4.79 Å². The number of rotatable bonds is 5. The number of nitrogens with one attached hydrogen (secondary N) is 1. The summed E-state index contributed by atoms with van der Waals surface area (Å²) in [5.41, 5.74) is 0.231. The first-order valence-corrected chi connectivity index (χ1v) is 8.72. The van der Waals surface area contributed by atoms with Crippen LogP contribution in [0.3, 0.4) is 0 Å². The number of amides is 2. The molecule has 1 atom stereocenters. The average Bonchev–Trinajstić information content (AvgIpc) is 2.99. The maximum atomic E-state index is 12.3. The minimum absolute atomic E-state index is 0.0512. The molecule has 1 heterocycles. The first-order valence-electron chi connectivity index (χ1n) is 8.72. The van der Waals surface area contributed by atoms with Crippen LogP contribution in [0.5, 0.6) is 0 Å². The maximum absolute atomic E-state index is 12.3. The van der Waals surface area contributed by atoms with Crippen LogP contribution in [0.2, 0.25) is 0 Å². The van der Waals surface area contributed by atoms with Crippen LogP contribution in [0.25, 0.3) is 0 Å². The molecule has 1 aromatic rings. The summed E-state index contributed by atoms with van der Waals surface area (Å²) in [6.45, 7) is 5.91. The highest BCUT2D eigenvalue weighted by molar-refractivity contribution is 5.93. The summed E-state index contributed by atoms with van der Waals surface area (Å²) in [6.07, 6.45) is 0.642. The number of hydrogen-bond acceptors (Lipinski definition) is 6. The minimum Gasteiger partial charge on any atom is -0.460 e. The molecule has 1 N–H and O–H groups in total. The van der Waals surface area contributed by atoms with Gasteiger partial charge in [-0.1, -0.05) is 30.3 Å². The van der Waals surface area contributed by atoms with Gasteiger partial charge in [0.1, 0.15) is 18.2 Å². The average molecular weight is 362 g/mol. The number of benzene rings is 1. The zero-order chi connectivity index (χ0) is 19.2. The van der Waals surface area contributed by atoms with Gasteiger partial charge in [-0.3, -0.25) is 19.8 Å². The van der Waals surface area contributed by atoms with Crippen LogP contribution in [0, 0.1) is 0 Å². The molecule has 2 rings (SSSR count). The Morgan fingerprint density at radius 2 is 1.88 bits per heavy atom. The van der Waals surface area contributed by atoms with Gasteiger partial charge in [-0.2, -0.15) is 0 Å². The molecule has 0 aromatic heterocycles. The van der Waals surface area contributed by atoms with Crippen molar-refractivity contribution in [3.8, 4) is 0 Å². The molecule has 0 bridgehead atoms. The van der Waals surface area contributed by atoms with Crippen molar-refractivity contribution in [2.24, 2.45) is 0 Å². The maximum Gasteiger partial charge on any atom is 0.414 e. The second-order valence-corrected chi connectivity index (χ2v) is 7.27.